The molecule has 0 aromatic carbocycles. The molecule has 43 heavy (non-hydrogen) atoms. The number of hydrogen-bond acceptors (Lipinski definition) is 10. The molecule has 1 fully saturated rings. The van der Waals surface area contributed by atoms with Crippen molar-refractivity contribution >= 4 is 39.7 Å². The molecular formula is C29H50N7O5PSi. The molecule has 1 aliphatic rings. The first-order valence-electron chi connectivity index (χ1n) is 15.1. The van der Waals surface area contributed by atoms with Crippen LogP contribution in [0.3, 0.4) is 0 Å². The van der Waals surface area contributed by atoms with Gasteiger partial charge in [-0.15, -0.1) is 0 Å². The number of H-pyrrole nitrogens is 1. The number of aromatic amines is 1. The summed E-state index contributed by atoms with van der Waals surface area (Å²) in [5.74, 6) is 0.206. The van der Waals surface area contributed by atoms with Crippen molar-refractivity contribution in [3.05, 3.63) is 16.7 Å². The molecule has 0 amide bonds. The Labute approximate surface area is 258 Å². The maximum Gasteiger partial charge on any atom is 0.280 e. The lowest BCUT2D eigenvalue weighted by atomic mass is 10.1. The average Bonchev–Trinajstić information content (AvgIpc) is 3.43. The van der Waals surface area contributed by atoms with Crippen LogP contribution < -0.4 is 5.56 Å². The number of aromatic nitrogens is 4. The van der Waals surface area contributed by atoms with Gasteiger partial charge in [0.05, 0.1) is 31.5 Å². The SMILES string of the molecule is CC[C@H]1O[C@@H](n2cnc3c(=O)[nH]c(N=C(C)C)nc32)C(O[Si](C)(C)C(C)(C)C)[C@H]1OP(OCCC#N)N(C(C)C)C(C)C. The van der Waals surface area contributed by atoms with Crippen LogP contribution in [0.25, 0.3) is 11.2 Å². The highest BCUT2D eigenvalue weighted by Crippen LogP contribution is 2.52. The zero-order chi connectivity index (χ0) is 32.3. The predicted molar refractivity (Wildman–Crippen MR) is 173 cm³/mol. The number of imidazole rings is 1. The summed E-state index contributed by atoms with van der Waals surface area (Å²) in [5, 5.41) is 9.11. The van der Waals surface area contributed by atoms with Crippen molar-refractivity contribution in [1.82, 2.24) is 24.2 Å². The van der Waals surface area contributed by atoms with Gasteiger partial charge in [0, 0.05) is 17.8 Å². The number of hydrogen-bond donors (Lipinski definition) is 1. The predicted octanol–water partition coefficient (Wildman–Crippen LogP) is 6.59. The molecule has 1 aliphatic heterocycles. The molecule has 1 saturated heterocycles. The van der Waals surface area contributed by atoms with Crippen molar-refractivity contribution in [3.63, 3.8) is 0 Å². The minimum absolute atomic E-state index is 0.0880. The number of nitriles is 1. The van der Waals surface area contributed by atoms with E-state index in [4.69, 9.17) is 18.2 Å². The lowest BCUT2D eigenvalue weighted by Gasteiger charge is -2.42. The molecule has 2 aromatic heterocycles. The van der Waals surface area contributed by atoms with Gasteiger partial charge in [-0.1, -0.05) is 27.7 Å². The third-order valence-corrected chi connectivity index (χ3v) is 14.4. The molecule has 3 rings (SSSR count). The summed E-state index contributed by atoms with van der Waals surface area (Å²) < 4.78 is 31.1. The summed E-state index contributed by atoms with van der Waals surface area (Å²) >= 11 is 0. The third-order valence-electron chi connectivity index (χ3n) is 7.82. The monoisotopic (exact) mass is 635 g/mol. The number of aliphatic imine (C=N–C) groups is 1. The molecular weight excluding hydrogens is 585 g/mol. The van der Waals surface area contributed by atoms with E-state index < -0.39 is 35.3 Å². The van der Waals surface area contributed by atoms with Crippen LogP contribution in [-0.2, 0) is 18.2 Å². The van der Waals surface area contributed by atoms with E-state index in [0.29, 0.717) is 12.1 Å². The molecule has 0 radical (unpaired) electrons. The van der Waals surface area contributed by atoms with Crippen LogP contribution in [0.2, 0.25) is 18.1 Å². The molecule has 0 spiro atoms. The van der Waals surface area contributed by atoms with Gasteiger partial charge in [0.1, 0.15) is 12.2 Å². The largest absolute Gasteiger partial charge is 0.407 e. The molecule has 2 unspecified atom stereocenters. The first-order valence-corrected chi connectivity index (χ1v) is 19.1. The number of nitrogens with one attached hydrogen (secondary N) is 1. The molecule has 14 heteroatoms. The fourth-order valence-corrected chi connectivity index (χ4v) is 7.85. The van der Waals surface area contributed by atoms with Gasteiger partial charge >= 0.3 is 0 Å². The van der Waals surface area contributed by atoms with E-state index in [0.717, 1.165) is 5.71 Å². The summed E-state index contributed by atoms with van der Waals surface area (Å²) in [6.45, 7) is 25.4. The molecule has 0 saturated carbocycles. The van der Waals surface area contributed by atoms with Crippen molar-refractivity contribution in [3.8, 4) is 6.07 Å². The highest BCUT2D eigenvalue weighted by Gasteiger charge is 2.53. The highest BCUT2D eigenvalue weighted by atomic mass is 31.2. The van der Waals surface area contributed by atoms with Gasteiger partial charge in [-0.2, -0.15) is 10.2 Å². The molecule has 5 atom stereocenters. The second-order valence-corrected chi connectivity index (χ2v) is 19.4. The normalized spacial score (nSPS) is 22.1. The molecule has 1 N–H and O–H groups in total. The van der Waals surface area contributed by atoms with Crippen LogP contribution in [0.15, 0.2) is 16.1 Å². The zero-order valence-corrected chi connectivity index (χ0v) is 29.7. The Morgan fingerprint density at radius 1 is 1.26 bits per heavy atom. The Balaban J connectivity index is 2.17. The second-order valence-electron chi connectivity index (χ2n) is 13.2. The van der Waals surface area contributed by atoms with Crippen molar-refractivity contribution < 1.29 is 18.2 Å². The Bertz CT molecular complexity index is 1350. The molecule has 240 valence electrons. The van der Waals surface area contributed by atoms with Crippen LogP contribution in [0.4, 0.5) is 5.95 Å². The van der Waals surface area contributed by atoms with E-state index in [1.807, 2.05) is 13.8 Å². The summed E-state index contributed by atoms with van der Waals surface area (Å²) in [4.78, 5) is 29.1. The van der Waals surface area contributed by atoms with Crippen LogP contribution in [0, 0.1) is 11.3 Å². The second kappa shape index (κ2) is 14.4. The van der Waals surface area contributed by atoms with Crippen LogP contribution in [0.1, 0.15) is 88.3 Å². The van der Waals surface area contributed by atoms with E-state index in [-0.39, 0.29) is 53.3 Å². The van der Waals surface area contributed by atoms with Crippen LogP contribution >= 0.6 is 8.53 Å². The zero-order valence-electron chi connectivity index (χ0n) is 27.8. The van der Waals surface area contributed by atoms with Crippen molar-refractivity contribution in [1.29, 1.82) is 5.26 Å². The fourth-order valence-electron chi connectivity index (χ4n) is 4.79. The van der Waals surface area contributed by atoms with E-state index in [9.17, 15) is 10.1 Å². The number of nitrogens with zero attached hydrogens (tertiary/aromatic N) is 6. The standard InChI is InChI=1S/C29H50N7O5PSi/c1-13-21-23(40-42(38-16-14-15-30)36(19(4)5)20(6)7)24(41-43(11,12)29(8,9)10)27(39-21)35-17-31-22-25(35)33-28(32-18(2)3)34-26(22)37/h17,19-21,23-24,27H,13-14,16H2,1-12H3,(H,33,34,37)/t21-,23+,24?,27-,42?/m1/s1. The Morgan fingerprint density at radius 3 is 2.44 bits per heavy atom. The first kappa shape index (κ1) is 35.4. The van der Waals surface area contributed by atoms with Crippen LogP contribution in [0.5, 0.6) is 0 Å². The van der Waals surface area contributed by atoms with E-state index in [1.54, 1.807) is 10.9 Å². The first-order chi connectivity index (χ1) is 20.0. The maximum absolute atomic E-state index is 12.9. The number of rotatable bonds is 13. The van der Waals surface area contributed by atoms with Crippen molar-refractivity contribution in [2.45, 2.75) is 137 Å². The summed E-state index contributed by atoms with van der Waals surface area (Å²) in [6.07, 6.45) is 0.476. The molecule has 12 nitrogen and oxygen atoms in total. The summed E-state index contributed by atoms with van der Waals surface area (Å²) in [6, 6.07) is 2.45. The average molecular weight is 636 g/mol. The van der Waals surface area contributed by atoms with Gasteiger partial charge in [-0.3, -0.25) is 14.3 Å². The van der Waals surface area contributed by atoms with Gasteiger partial charge in [0.15, 0.2) is 25.7 Å². The quantitative estimate of drug-likeness (QED) is 0.112. The molecule has 3 heterocycles. The molecule has 0 bridgehead atoms. The Kier molecular flexibility index (Phi) is 11.8. The number of fused-ring (bicyclic) bond motifs is 1. The third kappa shape index (κ3) is 8.17. The minimum atomic E-state index is -2.37. The van der Waals surface area contributed by atoms with Crippen molar-refractivity contribution in [2.75, 3.05) is 6.61 Å². The topological polar surface area (TPSA) is 140 Å². The van der Waals surface area contributed by atoms with Crippen LogP contribution in [-0.4, -0.2) is 75.2 Å². The van der Waals surface area contributed by atoms with E-state index in [1.165, 1.54) is 0 Å². The highest BCUT2D eigenvalue weighted by molar-refractivity contribution is 7.44. The molecule has 2 aromatic rings. The Hall–Kier alpha value is -2.04. The van der Waals surface area contributed by atoms with Gasteiger partial charge < -0.3 is 18.2 Å². The fraction of sp³-hybridized carbons (Fsp3) is 0.759. The van der Waals surface area contributed by atoms with Gasteiger partial charge in [0.2, 0.25) is 5.95 Å². The minimum Gasteiger partial charge on any atom is -0.407 e. The van der Waals surface area contributed by atoms with Gasteiger partial charge in [0.25, 0.3) is 14.1 Å². The number of ether oxygens (including phenoxy) is 1. The van der Waals surface area contributed by atoms with Gasteiger partial charge in [-0.05, 0) is 66.1 Å². The van der Waals surface area contributed by atoms with E-state index in [2.05, 4.69) is 99.2 Å². The molecule has 0 aliphatic carbocycles. The van der Waals surface area contributed by atoms with Gasteiger partial charge in [-0.25, -0.2) is 14.6 Å². The van der Waals surface area contributed by atoms with E-state index >= 15 is 0 Å². The summed E-state index contributed by atoms with van der Waals surface area (Å²) in [7, 11) is -3.93. The summed E-state index contributed by atoms with van der Waals surface area (Å²) in [5.41, 5.74) is 0.954. The lowest BCUT2D eigenvalue weighted by Crippen LogP contribution is -2.49. The van der Waals surface area contributed by atoms with Crippen molar-refractivity contribution in [2.24, 2.45) is 4.99 Å². The lowest BCUT2D eigenvalue weighted by molar-refractivity contribution is -0.0324. The smallest absolute Gasteiger partial charge is 0.280 e. The Morgan fingerprint density at radius 2 is 1.91 bits per heavy atom. The maximum atomic E-state index is 12.9.